The molecular formula is C18H20ClN7O2. The molecule has 0 saturated carbocycles. The molecule has 0 radical (unpaired) electrons. The molecule has 4 heterocycles. The number of hydrogen-bond donors (Lipinski definition) is 1. The molecule has 3 aromatic rings. The van der Waals surface area contributed by atoms with Crippen molar-refractivity contribution in [3.8, 4) is 17.1 Å². The van der Waals surface area contributed by atoms with Crippen LogP contribution in [0.15, 0.2) is 23.4 Å². The van der Waals surface area contributed by atoms with Crippen LogP contribution >= 0.6 is 11.6 Å². The Morgan fingerprint density at radius 2 is 2.14 bits per heavy atom. The first-order valence-electron chi connectivity index (χ1n) is 8.91. The number of halogens is 1. The Hall–Kier alpha value is -2.94. The van der Waals surface area contributed by atoms with Gasteiger partial charge in [0.25, 0.3) is 5.56 Å². The molecule has 1 saturated heterocycles. The van der Waals surface area contributed by atoms with Crippen molar-refractivity contribution in [1.82, 2.24) is 29.9 Å². The van der Waals surface area contributed by atoms with Crippen LogP contribution in [0.4, 0.5) is 5.69 Å². The zero-order valence-corrected chi connectivity index (χ0v) is 16.6. The molecule has 0 bridgehead atoms. The van der Waals surface area contributed by atoms with E-state index in [9.17, 15) is 4.79 Å². The summed E-state index contributed by atoms with van der Waals surface area (Å²) >= 11 is 6.11. The molecule has 0 aromatic carbocycles. The predicted octanol–water partition coefficient (Wildman–Crippen LogP) is 1.89. The lowest BCUT2D eigenvalue weighted by Gasteiger charge is -2.19. The topological polar surface area (TPSA) is 102 Å². The first-order chi connectivity index (χ1) is 13.4. The molecule has 0 unspecified atom stereocenters. The lowest BCUT2D eigenvalue weighted by atomic mass is 10.1. The molecule has 1 aliphatic heterocycles. The summed E-state index contributed by atoms with van der Waals surface area (Å²) in [5, 5.41) is 10.7. The van der Waals surface area contributed by atoms with Gasteiger partial charge in [0, 0.05) is 37.3 Å². The number of aromatic nitrogens is 6. The number of hydrogen-bond acceptors (Lipinski definition) is 7. The molecule has 1 fully saturated rings. The van der Waals surface area contributed by atoms with Gasteiger partial charge < -0.3 is 9.64 Å². The van der Waals surface area contributed by atoms with Crippen molar-refractivity contribution >= 4 is 17.3 Å². The van der Waals surface area contributed by atoms with Crippen molar-refractivity contribution in [3.63, 3.8) is 0 Å². The minimum atomic E-state index is -0.397. The van der Waals surface area contributed by atoms with Gasteiger partial charge in [-0.15, -0.1) is 0 Å². The van der Waals surface area contributed by atoms with Gasteiger partial charge in [-0.2, -0.15) is 10.2 Å². The van der Waals surface area contributed by atoms with Crippen molar-refractivity contribution in [2.24, 2.45) is 7.05 Å². The van der Waals surface area contributed by atoms with Crippen LogP contribution in [-0.4, -0.2) is 49.1 Å². The first-order valence-corrected chi connectivity index (χ1v) is 9.29. The zero-order valence-electron chi connectivity index (χ0n) is 15.8. The number of rotatable bonds is 4. The highest BCUT2D eigenvalue weighted by Crippen LogP contribution is 2.29. The van der Waals surface area contributed by atoms with Gasteiger partial charge in [-0.3, -0.25) is 9.48 Å². The van der Waals surface area contributed by atoms with E-state index in [0.717, 1.165) is 29.1 Å². The van der Waals surface area contributed by atoms with Crippen molar-refractivity contribution in [3.05, 3.63) is 45.4 Å². The van der Waals surface area contributed by atoms with Gasteiger partial charge >= 0.3 is 0 Å². The number of ether oxygens (including phenoxy) is 1. The van der Waals surface area contributed by atoms with Crippen LogP contribution in [0.1, 0.15) is 17.8 Å². The van der Waals surface area contributed by atoms with E-state index in [0.29, 0.717) is 24.7 Å². The Morgan fingerprint density at radius 3 is 2.89 bits per heavy atom. The number of anilines is 1. The number of nitrogens with one attached hydrogen (secondary N) is 1. The maximum atomic E-state index is 11.7. The first kappa shape index (κ1) is 18.4. The van der Waals surface area contributed by atoms with Crippen LogP contribution in [0.25, 0.3) is 11.3 Å². The second kappa shape index (κ2) is 7.23. The molecule has 1 aliphatic rings. The van der Waals surface area contributed by atoms with E-state index in [4.69, 9.17) is 16.3 Å². The average Bonchev–Trinajstić information content (AvgIpc) is 3.22. The van der Waals surface area contributed by atoms with Crippen molar-refractivity contribution in [2.75, 3.05) is 18.0 Å². The molecule has 28 heavy (non-hydrogen) atoms. The lowest BCUT2D eigenvalue weighted by molar-refractivity contribution is 0.215. The fourth-order valence-electron chi connectivity index (χ4n) is 3.49. The van der Waals surface area contributed by atoms with E-state index in [1.807, 2.05) is 36.5 Å². The van der Waals surface area contributed by atoms with E-state index in [2.05, 4.69) is 25.3 Å². The van der Waals surface area contributed by atoms with Crippen LogP contribution in [0.5, 0.6) is 5.88 Å². The Balaban J connectivity index is 1.51. The zero-order chi connectivity index (χ0) is 19.8. The van der Waals surface area contributed by atoms with E-state index in [1.165, 1.54) is 6.33 Å². The maximum absolute atomic E-state index is 11.7. The summed E-state index contributed by atoms with van der Waals surface area (Å²) in [6.07, 6.45) is 3.77. The van der Waals surface area contributed by atoms with Crippen LogP contribution < -0.4 is 15.2 Å². The smallest absolute Gasteiger partial charge is 0.285 e. The summed E-state index contributed by atoms with van der Waals surface area (Å²) in [6, 6.07) is 1.83. The fraction of sp³-hybridized carbons (Fsp3) is 0.389. The average molecular weight is 402 g/mol. The molecule has 146 valence electrons. The van der Waals surface area contributed by atoms with Gasteiger partial charge in [0.15, 0.2) is 0 Å². The highest BCUT2D eigenvalue weighted by molar-refractivity contribution is 6.33. The fourth-order valence-corrected chi connectivity index (χ4v) is 3.70. The maximum Gasteiger partial charge on any atom is 0.285 e. The summed E-state index contributed by atoms with van der Waals surface area (Å²) in [6.45, 7) is 5.27. The molecule has 1 atom stereocenters. The van der Waals surface area contributed by atoms with E-state index in [-0.39, 0.29) is 11.1 Å². The molecule has 4 rings (SSSR count). The summed E-state index contributed by atoms with van der Waals surface area (Å²) in [4.78, 5) is 22.3. The molecule has 10 heteroatoms. The Kier molecular flexibility index (Phi) is 4.76. The van der Waals surface area contributed by atoms with Gasteiger partial charge in [-0.05, 0) is 13.8 Å². The van der Waals surface area contributed by atoms with Gasteiger partial charge in [0.2, 0.25) is 5.88 Å². The summed E-state index contributed by atoms with van der Waals surface area (Å²) in [7, 11) is 1.91. The summed E-state index contributed by atoms with van der Waals surface area (Å²) < 4.78 is 7.91. The van der Waals surface area contributed by atoms with Crippen molar-refractivity contribution in [2.45, 2.75) is 26.4 Å². The minimum absolute atomic E-state index is 0.0748. The lowest BCUT2D eigenvalue weighted by Crippen LogP contribution is -2.26. The molecule has 1 N–H and O–H groups in total. The number of aromatic amines is 1. The van der Waals surface area contributed by atoms with Crippen LogP contribution in [-0.2, 0) is 7.05 Å². The van der Waals surface area contributed by atoms with Crippen LogP contribution in [0.3, 0.4) is 0 Å². The minimum Gasteiger partial charge on any atom is -0.472 e. The Bertz CT molecular complexity index is 1080. The molecular weight excluding hydrogens is 382 g/mol. The van der Waals surface area contributed by atoms with Gasteiger partial charge in [0.1, 0.15) is 17.5 Å². The Morgan fingerprint density at radius 1 is 1.32 bits per heavy atom. The second-order valence-corrected chi connectivity index (χ2v) is 7.16. The standard InChI is InChI=1S/C18H20ClN7O2/c1-10-16(11(2)25(3)24-10)13-6-15(21-9-20-13)28-12-4-5-26(8-12)14-7-22-23-18(27)17(14)19/h6-7,9,12H,4-5,8H2,1-3H3,(H,23,27)/t12-/m1/s1. The number of aryl methyl sites for hydroxylation is 2. The third-order valence-corrected chi connectivity index (χ3v) is 5.32. The molecule has 0 amide bonds. The quantitative estimate of drug-likeness (QED) is 0.712. The third-order valence-electron chi connectivity index (χ3n) is 4.96. The van der Waals surface area contributed by atoms with Gasteiger partial charge in [0.05, 0.1) is 29.8 Å². The second-order valence-electron chi connectivity index (χ2n) is 6.78. The van der Waals surface area contributed by atoms with E-state index >= 15 is 0 Å². The SMILES string of the molecule is Cc1nn(C)c(C)c1-c1cc(O[C@@H]2CCN(c3cn[nH]c(=O)c3Cl)C2)ncn1. The van der Waals surface area contributed by atoms with Crippen LogP contribution in [0.2, 0.25) is 5.02 Å². The highest BCUT2D eigenvalue weighted by atomic mass is 35.5. The van der Waals surface area contributed by atoms with E-state index < -0.39 is 5.56 Å². The third kappa shape index (κ3) is 3.33. The van der Waals surface area contributed by atoms with Crippen LogP contribution in [0, 0.1) is 13.8 Å². The monoisotopic (exact) mass is 401 g/mol. The van der Waals surface area contributed by atoms with Crippen molar-refractivity contribution in [1.29, 1.82) is 0 Å². The number of H-pyrrole nitrogens is 1. The molecule has 0 aliphatic carbocycles. The largest absolute Gasteiger partial charge is 0.472 e. The molecule has 0 spiro atoms. The Labute approximate surface area is 166 Å². The highest BCUT2D eigenvalue weighted by Gasteiger charge is 2.27. The van der Waals surface area contributed by atoms with Gasteiger partial charge in [-0.1, -0.05) is 11.6 Å². The predicted molar refractivity (Wildman–Crippen MR) is 105 cm³/mol. The molecule has 9 nitrogen and oxygen atoms in total. The van der Waals surface area contributed by atoms with Gasteiger partial charge in [-0.25, -0.2) is 15.1 Å². The molecule has 3 aromatic heterocycles. The summed E-state index contributed by atoms with van der Waals surface area (Å²) in [5.74, 6) is 0.509. The normalized spacial score (nSPS) is 16.6. The number of nitrogens with zero attached hydrogens (tertiary/aromatic N) is 6. The van der Waals surface area contributed by atoms with Crippen molar-refractivity contribution < 1.29 is 4.74 Å². The summed E-state index contributed by atoms with van der Waals surface area (Å²) in [5.41, 5.74) is 3.93. The van der Waals surface area contributed by atoms with E-state index in [1.54, 1.807) is 6.20 Å².